The lowest BCUT2D eigenvalue weighted by molar-refractivity contribution is -0.384. The quantitative estimate of drug-likeness (QED) is 0.652. The van der Waals surface area contributed by atoms with Crippen LogP contribution in [0, 0.1) is 17.0 Å². The van der Waals surface area contributed by atoms with Crippen molar-refractivity contribution in [3.05, 3.63) is 67.6 Å². The summed E-state index contributed by atoms with van der Waals surface area (Å²) in [4.78, 5) is 27.5. The first-order valence-electron chi connectivity index (χ1n) is 7.09. The van der Waals surface area contributed by atoms with E-state index in [0.717, 1.165) is 5.56 Å². The van der Waals surface area contributed by atoms with Gasteiger partial charge in [-0.1, -0.05) is 12.1 Å². The van der Waals surface area contributed by atoms with E-state index in [-0.39, 0.29) is 11.1 Å². The third-order valence-corrected chi connectivity index (χ3v) is 3.55. The van der Waals surface area contributed by atoms with Gasteiger partial charge in [-0.25, -0.2) is 0 Å². The Morgan fingerprint density at radius 2 is 1.91 bits per heavy atom. The highest BCUT2D eigenvalue weighted by molar-refractivity contribution is 5.33. The number of aryl methyl sites for hydroxylation is 1. The summed E-state index contributed by atoms with van der Waals surface area (Å²) >= 11 is 0. The second kappa shape index (κ2) is 7.06. The van der Waals surface area contributed by atoms with Crippen LogP contribution in [-0.4, -0.2) is 29.0 Å². The lowest BCUT2D eigenvalue weighted by Crippen LogP contribution is -2.23. The molecule has 1 aromatic heterocycles. The first kappa shape index (κ1) is 16.7. The molecule has 0 spiro atoms. The van der Waals surface area contributed by atoms with Crippen LogP contribution in [0.5, 0.6) is 5.75 Å². The summed E-state index contributed by atoms with van der Waals surface area (Å²) < 4.78 is 5.13. The molecule has 7 nitrogen and oxygen atoms in total. The highest BCUT2D eigenvalue weighted by Gasteiger charge is 2.12. The number of pyridine rings is 1. The second-order valence-corrected chi connectivity index (χ2v) is 5.40. The minimum absolute atomic E-state index is 0.0659. The average molecular weight is 317 g/mol. The summed E-state index contributed by atoms with van der Waals surface area (Å²) in [5, 5.41) is 10.6. The third kappa shape index (κ3) is 3.95. The molecule has 0 amide bonds. The molecule has 0 unspecified atom stereocenters. The molecule has 0 radical (unpaired) electrons. The first-order valence-corrected chi connectivity index (χ1v) is 7.09. The molecule has 122 valence electrons. The molecular weight excluding hydrogens is 298 g/mol. The predicted octanol–water partition coefficient (Wildman–Crippen LogP) is 2.23. The topological polar surface area (TPSA) is 88.5 Å². The molecule has 0 fully saturated rings. The van der Waals surface area contributed by atoms with E-state index in [0.29, 0.717) is 30.1 Å². The maximum Gasteiger partial charge on any atom is 0.269 e. The molecule has 0 saturated carbocycles. The highest BCUT2D eigenvalue weighted by atomic mass is 16.6. The number of hydrogen-bond acceptors (Lipinski definition) is 5. The fourth-order valence-corrected chi connectivity index (χ4v) is 2.39. The number of aromatic nitrogens is 1. The van der Waals surface area contributed by atoms with Crippen molar-refractivity contribution in [3.8, 4) is 5.75 Å². The summed E-state index contributed by atoms with van der Waals surface area (Å²) in [6.45, 7) is 2.81. The van der Waals surface area contributed by atoms with Crippen LogP contribution in [0.3, 0.4) is 0 Å². The minimum atomic E-state index is -0.425. The van der Waals surface area contributed by atoms with Crippen LogP contribution < -0.4 is 10.2 Å². The Morgan fingerprint density at radius 1 is 1.26 bits per heavy atom. The summed E-state index contributed by atoms with van der Waals surface area (Å²) in [6.07, 6.45) is 1.69. The number of nitrogens with zero attached hydrogens (tertiary/aromatic N) is 2. The van der Waals surface area contributed by atoms with Gasteiger partial charge in [-0.05, 0) is 19.5 Å². The van der Waals surface area contributed by atoms with Gasteiger partial charge in [0.05, 0.1) is 17.7 Å². The van der Waals surface area contributed by atoms with Gasteiger partial charge in [-0.3, -0.25) is 19.8 Å². The molecule has 1 N–H and O–H groups in total. The highest BCUT2D eigenvalue weighted by Crippen LogP contribution is 2.14. The van der Waals surface area contributed by atoms with Gasteiger partial charge in [0, 0.05) is 37.0 Å². The number of rotatable bonds is 6. The molecular formula is C16H19N3O4. The van der Waals surface area contributed by atoms with Crippen molar-refractivity contribution >= 4 is 5.69 Å². The number of methoxy groups -OCH3 is 1. The zero-order valence-electron chi connectivity index (χ0n) is 13.3. The van der Waals surface area contributed by atoms with Crippen LogP contribution in [-0.2, 0) is 13.1 Å². The van der Waals surface area contributed by atoms with E-state index < -0.39 is 4.92 Å². The smallest absolute Gasteiger partial charge is 0.269 e. The van der Waals surface area contributed by atoms with Gasteiger partial charge in [0.15, 0.2) is 5.75 Å². The number of nitro benzene ring substituents is 1. The zero-order valence-corrected chi connectivity index (χ0v) is 13.3. The molecule has 7 heteroatoms. The number of H-pyrrole nitrogens is 1. The standard InChI is InChI=1S/C16H19N3O4/c1-11-16(23-3)15(20)13(8-17-11)10-18(2)9-12-4-6-14(7-5-12)19(21)22/h4-8H,9-10H2,1-3H3,(H,17,20). The van der Waals surface area contributed by atoms with E-state index in [2.05, 4.69) is 4.98 Å². The van der Waals surface area contributed by atoms with Crippen LogP contribution in [0.15, 0.2) is 35.3 Å². The number of nitrogens with one attached hydrogen (secondary N) is 1. The maximum atomic E-state index is 12.3. The largest absolute Gasteiger partial charge is 0.491 e. The Kier molecular flexibility index (Phi) is 5.13. The Balaban J connectivity index is 2.09. The zero-order chi connectivity index (χ0) is 17.0. The van der Waals surface area contributed by atoms with E-state index in [1.165, 1.54) is 19.2 Å². The molecule has 1 heterocycles. The fraction of sp³-hybridized carbons (Fsp3) is 0.312. The summed E-state index contributed by atoms with van der Waals surface area (Å²) in [7, 11) is 3.36. The Hall–Kier alpha value is -2.67. The molecule has 0 aliphatic carbocycles. The number of hydrogen-bond donors (Lipinski definition) is 1. The van der Waals surface area contributed by atoms with Crippen LogP contribution in [0.25, 0.3) is 0 Å². The van der Waals surface area contributed by atoms with Crippen LogP contribution in [0.1, 0.15) is 16.8 Å². The summed E-state index contributed by atoms with van der Waals surface area (Å²) in [5.74, 6) is 0.325. The van der Waals surface area contributed by atoms with Gasteiger partial charge in [-0.2, -0.15) is 0 Å². The van der Waals surface area contributed by atoms with Crippen molar-refractivity contribution in [1.82, 2.24) is 9.88 Å². The number of non-ortho nitro benzene ring substituents is 1. The summed E-state index contributed by atoms with van der Waals surface area (Å²) in [5.41, 5.74) is 2.18. The van der Waals surface area contributed by atoms with Crippen molar-refractivity contribution in [2.75, 3.05) is 14.2 Å². The first-order chi connectivity index (χ1) is 10.9. The van der Waals surface area contributed by atoms with Crippen molar-refractivity contribution in [3.63, 3.8) is 0 Å². The summed E-state index contributed by atoms with van der Waals surface area (Å²) in [6, 6.07) is 6.39. The van der Waals surface area contributed by atoms with Gasteiger partial charge < -0.3 is 9.72 Å². The molecule has 0 aliphatic rings. The van der Waals surface area contributed by atoms with Crippen molar-refractivity contribution in [2.24, 2.45) is 0 Å². The van der Waals surface area contributed by atoms with Crippen molar-refractivity contribution < 1.29 is 9.66 Å². The molecule has 0 atom stereocenters. The normalized spacial score (nSPS) is 10.8. The molecule has 0 bridgehead atoms. The van der Waals surface area contributed by atoms with E-state index in [9.17, 15) is 14.9 Å². The predicted molar refractivity (Wildman–Crippen MR) is 86.6 cm³/mol. The number of aromatic amines is 1. The van der Waals surface area contributed by atoms with E-state index in [1.54, 1.807) is 25.3 Å². The van der Waals surface area contributed by atoms with E-state index in [4.69, 9.17) is 4.74 Å². The van der Waals surface area contributed by atoms with E-state index in [1.807, 2.05) is 11.9 Å². The second-order valence-electron chi connectivity index (χ2n) is 5.40. The van der Waals surface area contributed by atoms with Crippen LogP contribution in [0.2, 0.25) is 0 Å². The molecule has 2 rings (SSSR count). The fourth-order valence-electron chi connectivity index (χ4n) is 2.39. The van der Waals surface area contributed by atoms with Gasteiger partial charge in [-0.15, -0.1) is 0 Å². The Bertz CT molecular complexity index is 753. The third-order valence-electron chi connectivity index (χ3n) is 3.55. The molecule has 0 saturated heterocycles. The minimum Gasteiger partial charge on any atom is -0.491 e. The van der Waals surface area contributed by atoms with Gasteiger partial charge in [0.25, 0.3) is 5.69 Å². The lowest BCUT2D eigenvalue weighted by atomic mass is 10.1. The Labute approximate surface area is 133 Å². The van der Waals surface area contributed by atoms with Crippen molar-refractivity contribution in [2.45, 2.75) is 20.0 Å². The maximum absolute atomic E-state index is 12.3. The molecule has 1 aromatic carbocycles. The van der Waals surface area contributed by atoms with Crippen LogP contribution >= 0.6 is 0 Å². The average Bonchev–Trinajstić information content (AvgIpc) is 2.51. The number of nitro groups is 1. The van der Waals surface area contributed by atoms with Gasteiger partial charge in [0.2, 0.25) is 5.43 Å². The number of benzene rings is 1. The van der Waals surface area contributed by atoms with Crippen LogP contribution in [0.4, 0.5) is 5.69 Å². The van der Waals surface area contributed by atoms with Crippen molar-refractivity contribution in [1.29, 1.82) is 0 Å². The monoisotopic (exact) mass is 317 g/mol. The Morgan fingerprint density at radius 3 is 2.48 bits per heavy atom. The lowest BCUT2D eigenvalue weighted by Gasteiger charge is -2.17. The molecule has 2 aromatic rings. The molecule has 0 aliphatic heterocycles. The molecule has 23 heavy (non-hydrogen) atoms. The number of ether oxygens (including phenoxy) is 1. The van der Waals surface area contributed by atoms with Gasteiger partial charge >= 0.3 is 0 Å². The van der Waals surface area contributed by atoms with E-state index >= 15 is 0 Å². The SMILES string of the molecule is COc1c(C)[nH]cc(CN(C)Cc2ccc([N+](=O)[O-])cc2)c1=O. The van der Waals surface area contributed by atoms with Gasteiger partial charge in [0.1, 0.15) is 0 Å².